The predicted molar refractivity (Wildman–Crippen MR) is 52.8 cm³/mol. The van der Waals surface area contributed by atoms with Crippen molar-refractivity contribution >= 4 is 11.6 Å². The molecule has 0 spiro atoms. The van der Waals surface area contributed by atoms with Gasteiger partial charge in [0, 0.05) is 11.6 Å². The summed E-state index contributed by atoms with van der Waals surface area (Å²) < 4.78 is 25.3. The lowest BCUT2D eigenvalue weighted by Gasteiger charge is -2.10. The molecular formula is C10H9ClF2N2. The Morgan fingerprint density at radius 2 is 2.27 bits per heavy atom. The SMILES string of the molecule is Cc1cc(CCl)c(CC#N)c(C(F)F)n1. The fourth-order valence-electron chi connectivity index (χ4n) is 1.38. The lowest BCUT2D eigenvalue weighted by molar-refractivity contribution is 0.144. The van der Waals surface area contributed by atoms with E-state index in [0.717, 1.165) is 0 Å². The molecule has 2 nitrogen and oxygen atoms in total. The van der Waals surface area contributed by atoms with Gasteiger partial charge in [-0.3, -0.25) is 4.98 Å². The number of aromatic nitrogens is 1. The van der Waals surface area contributed by atoms with E-state index in [0.29, 0.717) is 11.3 Å². The molecule has 0 unspecified atom stereocenters. The fourth-order valence-corrected chi connectivity index (χ4v) is 1.61. The molecule has 0 aliphatic rings. The van der Waals surface area contributed by atoms with Crippen LogP contribution in [0, 0.1) is 18.3 Å². The Morgan fingerprint density at radius 1 is 1.60 bits per heavy atom. The van der Waals surface area contributed by atoms with Gasteiger partial charge in [0.15, 0.2) is 0 Å². The summed E-state index contributed by atoms with van der Waals surface area (Å²) in [5.74, 6) is 0.111. The van der Waals surface area contributed by atoms with E-state index >= 15 is 0 Å². The third-order valence-corrected chi connectivity index (χ3v) is 2.27. The number of hydrogen-bond donors (Lipinski definition) is 0. The van der Waals surface area contributed by atoms with Crippen molar-refractivity contribution in [1.82, 2.24) is 4.98 Å². The first-order valence-electron chi connectivity index (χ1n) is 4.30. The van der Waals surface area contributed by atoms with E-state index < -0.39 is 6.43 Å². The summed E-state index contributed by atoms with van der Waals surface area (Å²) in [4.78, 5) is 3.74. The van der Waals surface area contributed by atoms with Crippen LogP contribution in [0.25, 0.3) is 0 Å². The Balaban J connectivity index is 3.34. The Labute approximate surface area is 91.5 Å². The lowest BCUT2D eigenvalue weighted by atomic mass is 10.0. The fraction of sp³-hybridized carbons (Fsp3) is 0.400. The Kier molecular flexibility index (Phi) is 3.98. The molecule has 15 heavy (non-hydrogen) atoms. The molecule has 0 aromatic carbocycles. The minimum Gasteiger partial charge on any atom is -0.252 e. The summed E-state index contributed by atoms with van der Waals surface area (Å²) in [7, 11) is 0. The lowest BCUT2D eigenvalue weighted by Crippen LogP contribution is -2.04. The summed E-state index contributed by atoms with van der Waals surface area (Å²) >= 11 is 5.63. The van der Waals surface area contributed by atoms with Crippen LogP contribution >= 0.6 is 11.6 Å². The molecule has 0 radical (unpaired) electrons. The van der Waals surface area contributed by atoms with Gasteiger partial charge in [0.25, 0.3) is 6.43 Å². The Bertz CT molecular complexity index is 399. The summed E-state index contributed by atoms with van der Waals surface area (Å²) in [6.45, 7) is 1.62. The maximum atomic E-state index is 12.6. The van der Waals surface area contributed by atoms with Gasteiger partial charge >= 0.3 is 0 Å². The summed E-state index contributed by atoms with van der Waals surface area (Å²) in [5, 5.41) is 8.55. The van der Waals surface area contributed by atoms with Crippen LogP contribution in [0.2, 0.25) is 0 Å². The van der Waals surface area contributed by atoms with Crippen molar-refractivity contribution < 1.29 is 8.78 Å². The van der Waals surface area contributed by atoms with Crippen molar-refractivity contribution in [2.45, 2.75) is 25.7 Å². The molecule has 1 aromatic rings. The van der Waals surface area contributed by atoms with E-state index in [4.69, 9.17) is 16.9 Å². The molecule has 1 aromatic heterocycles. The molecule has 0 amide bonds. The minimum absolute atomic E-state index is 0.0883. The van der Waals surface area contributed by atoms with Crippen molar-refractivity contribution in [3.63, 3.8) is 0 Å². The van der Waals surface area contributed by atoms with Crippen molar-refractivity contribution in [3.05, 3.63) is 28.6 Å². The Hall–Kier alpha value is -1.21. The smallest absolute Gasteiger partial charge is 0.252 e. The first-order valence-corrected chi connectivity index (χ1v) is 4.84. The molecule has 0 atom stereocenters. The maximum absolute atomic E-state index is 12.6. The van der Waals surface area contributed by atoms with E-state index in [9.17, 15) is 8.78 Å². The normalized spacial score (nSPS) is 10.4. The highest BCUT2D eigenvalue weighted by Crippen LogP contribution is 2.25. The summed E-state index contributed by atoms with van der Waals surface area (Å²) in [5.41, 5.74) is 0.976. The number of nitriles is 1. The first kappa shape index (κ1) is 11.9. The molecule has 0 fully saturated rings. The number of pyridine rings is 1. The highest BCUT2D eigenvalue weighted by atomic mass is 35.5. The van der Waals surface area contributed by atoms with Crippen LogP contribution in [-0.4, -0.2) is 4.98 Å². The standard InChI is InChI=1S/C10H9ClF2N2/c1-6-4-7(5-11)8(2-3-14)9(15-6)10(12)13/h4,10H,2,5H2,1H3. The van der Waals surface area contributed by atoms with Crippen LogP contribution in [-0.2, 0) is 12.3 Å². The molecule has 5 heteroatoms. The number of halogens is 3. The molecule has 0 aliphatic heterocycles. The predicted octanol–water partition coefficient (Wildman–Crippen LogP) is 3.13. The van der Waals surface area contributed by atoms with Gasteiger partial charge < -0.3 is 0 Å². The van der Waals surface area contributed by atoms with Crippen LogP contribution in [0.5, 0.6) is 0 Å². The quantitative estimate of drug-likeness (QED) is 0.748. The molecule has 1 heterocycles. The van der Waals surface area contributed by atoms with Crippen LogP contribution in [0.15, 0.2) is 6.07 Å². The zero-order valence-corrected chi connectivity index (χ0v) is 8.85. The molecule has 0 saturated heterocycles. The monoisotopic (exact) mass is 230 g/mol. The zero-order valence-electron chi connectivity index (χ0n) is 8.10. The van der Waals surface area contributed by atoms with Gasteiger partial charge in [-0.1, -0.05) is 0 Å². The molecule has 1 rings (SSSR count). The number of rotatable bonds is 3. The van der Waals surface area contributed by atoms with Gasteiger partial charge in [-0.15, -0.1) is 11.6 Å². The van der Waals surface area contributed by atoms with Crippen molar-refractivity contribution in [2.75, 3.05) is 0 Å². The van der Waals surface area contributed by atoms with Crippen LogP contribution < -0.4 is 0 Å². The first-order chi connectivity index (χ1) is 7.10. The third-order valence-electron chi connectivity index (χ3n) is 1.98. The average Bonchev–Trinajstić information content (AvgIpc) is 2.19. The number of aryl methyl sites for hydroxylation is 1. The second-order valence-corrected chi connectivity index (χ2v) is 3.32. The average molecular weight is 231 g/mol. The van der Waals surface area contributed by atoms with Crippen molar-refractivity contribution in [3.8, 4) is 6.07 Å². The zero-order chi connectivity index (χ0) is 11.4. The minimum atomic E-state index is -2.67. The van der Waals surface area contributed by atoms with E-state index in [2.05, 4.69) is 4.98 Å². The van der Waals surface area contributed by atoms with Gasteiger partial charge in [0.05, 0.1) is 12.5 Å². The van der Waals surface area contributed by atoms with E-state index in [-0.39, 0.29) is 23.6 Å². The maximum Gasteiger partial charge on any atom is 0.280 e. The number of alkyl halides is 3. The molecule has 80 valence electrons. The largest absolute Gasteiger partial charge is 0.280 e. The van der Waals surface area contributed by atoms with Gasteiger partial charge in [0.2, 0.25) is 0 Å². The highest BCUT2D eigenvalue weighted by Gasteiger charge is 2.18. The second kappa shape index (κ2) is 5.04. The van der Waals surface area contributed by atoms with E-state index in [1.807, 2.05) is 6.07 Å². The van der Waals surface area contributed by atoms with E-state index in [1.54, 1.807) is 13.0 Å². The molecule has 0 aliphatic carbocycles. The molecular weight excluding hydrogens is 222 g/mol. The highest BCUT2D eigenvalue weighted by molar-refractivity contribution is 6.17. The van der Waals surface area contributed by atoms with Crippen molar-refractivity contribution in [2.24, 2.45) is 0 Å². The van der Waals surface area contributed by atoms with Crippen LogP contribution in [0.1, 0.15) is 28.9 Å². The molecule has 0 saturated carbocycles. The topological polar surface area (TPSA) is 36.7 Å². The van der Waals surface area contributed by atoms with Crippen LogP contribution in [0.3, 0.4) is 0 Å². The van der Waals surface area contributed by atoms with Crippen molar-refractivity contribution in [1.29, 1.82) is 5.26 Å². The van der Waals surface area contributed by atoms with Gasteiger partial charge in [0.1, 0.15) is 5.69 Å². The molecule has 0 N–H and O–H groups in total. The summed E-state index contributed by atoms with van der Waals surface area (Å²) in [6, 6.07) is 3.47. The third kappa shape index (κ3) is 2.63. The Morgan fingerprint density at radius 3 is 2.73 bits per heavy atom. The second-order valence-electron chi connectivity index (χ2n) is 3.06. The van der Waals surface area contributed by atoms with Gasteiger partial charge in [-0.2, -0.15) is 5.26 Å². The number of nitrogens with zero attached hydrogens (tertiary/aromatic N) is 2. The molecule has 0 bridgehead atoms. The number of hydrogen-bond acceptors (Lipinski definition) is 2. The van der Waals surface area contributed by atoms with Gasteiger partial charge in [-0.05, 0) is 24.1 Å². The summed E-state index contributed by atoms with van der Waals surface area (Å²) in [6.07, 6.45) is -2.76. The van der Waals surface area contributed by atoms with E-state index in [1.165, 1.54) is 0 Å². The van der Waals surface area contributed by atoms with Crippen LogP contribution in [0.4, 0.5) is 8.78 Å². The van der Waals surface area contributed by atoms with Gasteiger partial charge in [-0.25, -0.2) is 8.78 Å².